The van der Waals surface area contributed by atoms with Gasteiger partial charge in [-0.25, -0.2) is 4.98 Å². The van der Waals surface area contributed by atoms with Crippen LogP contribution in [0.1, 0.15) is 0 Å². The predicted molar refractivity (Wildman–Crippen MR) is 74.6 cm³/mol. The molecule has 0 aliphatic carbocycles. The summed E-state index contributed by atoms with van der Waals surface area (Å²) in [7, 11) is 0. The van der Waals surface area contributed by atoms with Gasteiger partial charge in [0.2, 0.25) is 0 Å². The van der Waals surface area contributed by atoms with Crippen LogP contribution in [0, 0.1) is 0 Å². The fourth-order valence-electron chi connectivity index (χ4n) is 1.95. The van der Waals surface area contributed by atoms with Crippen LogP contribution in [-0.2, 0) is 0 Å². The molecule has 0 bridgehead atoms. The van der Waals surface area contributed by atoms with Gasteiger partial charge in [0.15, 0.2) is 0 Å². The Hall–Kier alpha value is -0.930. The lowest BCUT2D eigenvalue weighted by atomic mass is 10.0. The van der Waals surface area contributed by atoms with E-state index < -0.39 is 0 Å². The van der Waals surface area contributed by atoms with E-state index in [0.717, 1.165) is 9.08 Å². The summed E-state index contributed by atoms with van der Waals surface area (Å²) in [5.74, 6) is 0. The Labute approximate surface area is 110 Å². The second kappa shape index (κ2) is 3.82. The topological polar surface area (TPSA) is 12.9 Å². The Morgan fingerprint density at radius 1 is 0.875 bits per heavy atom. The molecule has 0 spiro atoms. The van der Waals surface area contributed by atoms with Crippen molar-refractivity contribution in [3.8, 4) is 0 Å². The highest BCUT2D eigenvalue weighted by Crippen LogP contribution is 2.33. The van der Waals surface area contributed by atoms with Crippen LogP contribution in [0.15, 0.2) is 51.7 Å². The number of pyridine rings is 1. The highest BCUT2D eigenvalue weighted by atomic mass is 79.9. The van der Waals surface area contributed by atoms with Crippen LogP contribution < -0.4 is 0 Å². The summed E-state index contributed by atoms with van der Waals surface area (Å²) < 4.78 is 2.01. The smallest absolute Gasteiger partial charge is 0.114 e. The lowest BCUT2D eigenvalue weighted by molar-refractivity contribution is 1.32. The summed E-state index contributed by atoms with van der Waals surface area (Å²) in [5.41, 5.74) is 0. The van der Waals surface area contributed by atoms with E-state index >= 15 is 0 Å². The monoisotopic (exact) mass is 335 g/mol. The zero-order valence-corrected chi connectivity index (χ0v) is 11.4. The Morgan fingerprint density at radius 2 is 1.75 bits per heavy atom. The molecule has 0 aliphatic heterocycles. The number of hydrogen-bond donors (Lipinski definition) is 0. The molecule has 0 radical (unpaired) electrons. The van der Waals surface area contributed by atoms with Gasteiger partial charge in [0.25, 0.3) is 0 Å². The molecule has 1 heterocycles. The molecule has 1 aromatic heterocycles. The Bertz CT molecular complexity index is 692. The van der Waals surface area contributed by atoms with E-state index in [0.29, 0.717) is 0 Å². The van der Waals surface area contributed by atoms with E-state index in [-0.39, 0.29) is 0 Å². The van der Waals surface area contributed by atoms with Crippen molar-refractivity contribution in [1.29, 1.82) is 0 Å². The molecule has 3 aromatic rings. The Kier molecular flexibility index (Phi) is 2.45. The van der Waals surface area contributed by atoms with Crippen molar-refractivity contribution in [3.05, 3.63) is 51.7 Å². The van der Waals surface area contributed by atoms with E-state index in [1.165, 1.54) is 21.5 Å². The van der Waals surface area contributed by atoms with Gasteiger partial charge in [0.05, 0.1) is 0 Å². The quantitative estimate of drug-likeness (QED) is 0.419. The molecule has 2 aromatic carbocycles. The maximum Gasteiger partial charge on any atom is 0.114 e. The van der Waals surface area contributed by atoms with Crippen LogP contribution in [0.5, 0.6) is 0 Å². The highest BCUT2D eigenvalue weighted by Gasteiger charge is 2.06. The van der Waals surface area contributed by atoms with Crippen molar-refractivity contribution in [2.24, 2.45) is 0 Å². The molecule has 0 atom stereocenters. The first kappa shape index (κ1) is 10.2. The van der Waals surface area contributed by atoms with E-state index in [1.807, 2.05) is 18.3 Å². The van der Waals surface area contributed by atoms with Crippen molar-refractivity contribution in [1.82, 2.24) is 4.98 Å². The first-order chi connectivity index (χ1) is 7.77. The molecule has 16 heavy (non-hydrogen) atoms. The summed E-state index contributed by atoms with van der Waals surface area (Å²) in [4.78, 5) is 4.29. The highest BCUT2D eigenvalue weighted by molar-refractivity contribution is 9.11. The Morgan fingerprint density at radius 3 is 2.62 bits per heavy atom. The first-order valence-corrected chi connectivity index (χ1v) is 6.47. The van der Waals surface area contributed by atoms with Crippen LogP contribution in [0.25, 0.3) is 21.5 Å². The lowest BCUT2D eigenvalue weighted by Gasteiger charge is -2.06. The minimum atomic E-state index is 0.897. The second-order valence-corrected chi connectivity index (χ2v) is 5.21. The SMILES string of the molecule is Brc1cccc2c1ccc1ccnc(Br)c12. The first-order valence-electron chi connectivity index (χ1n) is 4.89. The predicted octanol–water partition coefficient (Wildman–Crippen LogP) is 4.91. The molecule has 0 amide bonds. The maximum atomic E-state index is 4.29. The molecule has 3 heteroatoms. The van der Waals surface area contributed by atoms with Gasteiger partial charge >= 0.3 is 0 Å². The van der Waals surface area contributed by atoms with Crippen LogP contribution in [0.3, 0.4) is 0 Å². The zero-order chi connectivity index (χ0) is 11.1. The fraction of sp³-hybridized carbons (Fsp3) is 0. The third kappa shape index (κ3) is 1.46. The zero-order valence-electron chi connectivity index (χ0n) is 8.24. The third-order valence-electron chi connectivity index (χ3n) is 2.69. The van der Waals surface area contributed by atoms with Gasteiger partial charge in [-0.3, -0.25) is 0 Å². The summed E-state index contributed by atoms with van der Waals surface area (Å²) >= 11 is 7.09. The summed E-state index contributed by atoms with van der Waals surface area (Å²) in [6, 6.07) is 12.5. The van der Waals surface area contributed by atoms with Crippen LogP contribution in [0.4, 0.5) is 0 Å². The van der Waals surface area contributed by atoms with Gasteiger partial charge in [-0.1, -0.05) is 40.2 Å². The van der Waals surface area contributed by atoms with Gasteiger partial charge in [-0.05, 0) is 44.2 Å². The molecule has 1 nitrogen and oxygen atoms in total. The van der Waals surface area contributed by atoms with Gasteiger partial charge in [0.1, 0.15) is 4.60 Å². The molecule has 0 N–H and O–H groups in total. The van der Waals surface area contributed by atoms with Crippen molar-refractivity contribution in [2.75, 3.05) is 0 Å². The summed E-state index contributed by atoms with van der Waals surface area (Å²) in [6.07, 6.45) is 1.82. The molecular weight excluding hydrogens is 330 g/mol. The van der Waals surface area contributed by atoms with E-state index in [2.05, 4.69) is 61.1 Å². The maximum absolute atomic E-state index is 4.29. The molecule has 0 aliphatic rings. The number of fused-ring (bicyclic) bond motifs is 3. The van der Waals surface area contributed by atoms with Gasteiger partial charge in [0, 0.05) is 16.1 Å². The van der Waals surface area contributed by atoms with Crippen molar-refractivity contribution in [2.45, 2.75) is 0 Å². The molecule has 0 unspecified atom stereocenters. The van der Waals surface area contributed by atoms with Crippen molar-refractivity contribution >= 4 is 53.4 Å². The number of halogens is 2. The minimum absolute atomic E-state index is 0.897. The molecule has 0 saturated carbocycles. The average molecular weight is 337 g/mol. The number of rotatable bonds is 0. The molecule has 3 rings (SSSR count). The number of benzene rings is 2. The van der Waals surface area contributed by atoms with Crippen LogP contribution in [-0.4, -0.2) is 4.98 Å². The van der Waals surface area contributed by atoms with Crippen LogP contribution in [0.2, 0.25) is 0 Å². The summed E-state index contributed by atoms with van der Waals surface area (Å²) in [6.45, 7) is 0. The van der Waals surface area contributed by atoms with E-state index in [1.54, 1.807) is 0 Å². The fourth-order valence-corrected chi connectivity index (χ4v) is 3.01. The minimum Gasteiger partial charge on any atom is -0.249 e. The number of aromatic nitrogens is 1. The molecule has 0 saturated heterocycles. The van der Waals surface area contributed by atoms with E-state index in [4.69, 9.17) is 0 Å². The van der Waals surface area contributed by atoms with Gasteiger partial charge < -0.3 is 0 Å². The van der Waals surface area contributed by atoms with Crippen LogP contribution >= 0.6 is 31.9 Å². The molecule has 78 valence electrons. The van der Waals surface area contributed by atoms with Crippen molar-refractivity contribution in [3.63, 3.8) is 0 Å². The largest absolute Gasteiger partial charge is 0.249 e. The van der Waals surface area contributed by atoms with Gasteiger partial charge in [-0.15, -0.1) is 0 Å². The molecular formula is C13H7Br2N. The normalized spacial score (nSPS) is 11.1. The van der Waals surface area contributed by atoms with E-state index in [9.17, 15) is 0 Å². The lowest BCUT2D eigenvalue weighted by Crippen LogP contribution is -1.82. The Balaban J connectivity index is 2.64. The van der Waals surface area contributed by atoms with Crippen molar-refractivity contribution < 1.29 is 0 Å². The molecule has 0 fully saturated rings. The average Bonchev–Trinajstić information content (AvgIpc) is 2.29. The third-order valence-corrected chi connectivity index (χ3v) is 3.98. The summed E-state index contributed by atoms with van der Waals surface area (Å²) in [5, 5.41) is 4.80. The second-order valence-electron chi connectivity index (χ2n) is 3.60. The number of hydrogen-bond acceptors (Lipinski definition) is 1. The standard InChI is InChI=1S/C13H7Br2N/c14-11-3-1-2-10-9(11)5-4-8-6-7-16-13(15)12(8)10/h1-7H. The number of nitrogens with zero attached hydrogens (tertiary/aromatic N) is 1. The van der Waals surface area contributed by atoms with Gasteiger partial charge in [-0.2, -0.15) is 0 Å².